The summed E-state index contributed by atoms with van der Waals surface area (Å²) in [6, 6.07) is 12.7. The molecule has 0 bridgehead atoms. The molecule has 1 aliphatic rings. The summed E-state index contributed by atoms with van der Waals surface area (Å²) in [4.78, 5) is 0. The highest BCUT2D eigenvalue weighted by molar-refractivity contribution is 6.22. The number of nitrogens with one attached hydrogen (secondary N) is 1. The van der Waals surface area contributed by atoms with E-state index < -0.39 is 0 Å². The Morgan fingerprint density at radius 2 is 1.81 bits per heavy atom. The van der Waals surface area contributed by atoms with Crippen LogP contribution >= 0.6 is 0 Å². The molecule has 2 aromatic carbocycles. The van der Waals surface area contributed by atoms with E-state index in [1.165, 1.54) is 21.9 Å². The van der Waals surface area contributed by atoms with Crippen molar-refractivity contribution in [2.45, 2.75) is 0 Å². The molecule has 0 aromatic heterocycles. The highest BCUT2D eigenvalue weighted by Gasteiger charge is 2.12. The third-order valence-electron chi connectivity index (χ3n) is 2.87. The third-order valence-corrected chi connectivity index (χ3v) is 2.87. The number of hydrazone groups is 1. The SMILES string of the molecule is CN/N=C1\C=Cc2cccc3cccc1c23. The number of allylic oxidation sites excluding steroid dienone is 1. The highest BCUT2D eigenvalue weighted by Crippen LogP contribution is 2.28. The second-order valence-corrected chi connectivity index (χ2v) is 3.80. The number of benzene rings is 2. The van der Waals surface area contributed by atoms with E-state index in [0.717, 1.165) is 5.71 Å². The minimum absolute atomic E-state index is 0.992. The van der Waals surface area contributed by atoms with Gasteiger partial charge in [0.25, 0.3) is 0 Å². The van der Waals surface area contributed by atoms with Crippen LogP contribution in [0.3, 0.4) is 0 Å². The minimum Gasteiger partial charge on any atom is -0.313 e. The molecular formula is C14H12N2. The van der Waals surface area contributed by atoms with Crippen LogP contribution in [-0.2, 0) is 0 Å². The van der Waals surface area contributed by atoms with Crippen LogP contribution in [0.25, 0.3) is 16.8 Å². The smallest absolute Gasteiger partial charge is 0.0908 e. The van der Waals surface area contributed by atoms with Gasteiger partial charge in [-0.05, 0) is 22.4 Å². The molecule has 0 aliphatic heterocycles. The lowest BCUT2D eigenvalue weighted by Gasteiger charge is -2.13. The van der Waals surface area contributed by atoms with Gasteiger partial charge in [0, 0.05) is 12.6 Å². The zero-order valence-electron chi connectivity index (χ0n) is 9.07. The first-order chi connectivity index (χ1) is 7.90. The molecule has 2 aromatic rings. The Morgan fingerprint density at radius 3 is 2.62 bits per heavy atom. The van der Waals surface area contributed by atoms with Crippen molar-refractivity contribution in [3.8, 4) is 0 Å². The molecule has 0 fully saturated rings. The predicted molar refractivity (Wildman–Crippen MR) is 68.6 cm³/mol. The Kier molecular flexibility index (Phi) is 2.00. The van der Waals surface area contributed by atoms with Gasteiger partial charge in [-0.2, -0.15) is 5.10 Å². The van der Waals surface area contributed by atoms with Crippen molar-refractivity contribution in [3.05, 3.63) is 53.6 Å². The average molecular weight is 208 g/mol. The quantitative estimate of drug-likeness (QED) is 0.716. The first kappa shape index (κ1) is 9.16. The monoisotopic (exact) mass is 208 g/mol. The molecule has 78 valence electrons. The molecule has 0 spiro atoms. The summed E-state index contributed by atoms with van der Waals surface area (Å²) < 4.78 is 0. The third kappa shape index (κ3) is 1.23. The van der Waals surface area contributed by atoms with Gasteiger partial charge in [-0.3, -0.25) is 0 Å². The number of nitrogens with zero attached hydrogens (tertiary/aromatic N) is 1. The zero-order valence-corrected chi connectivity index (χ0v) is 9.07. The van der Waals surface area contributed by atoms with Crippen molar-refractivity contribution in [3.63, 3.8) is 0 Å². The van der Waals surface area contributed by atoms with Gasteiger partial charge in [0.1, 0.15) is 0 Å². The van der Waals surface area contributed by atoms with Crippen LogP contribution in [0.1, 0.15) is 11.1 Å². The van der Waals surface area contributed by atoms with Crippen molar-refractivity contribution in [2.75, 3.05) is 7.05 Å². The Morgan fingerprint density at radius 1 is 1.00 bits per heavy atom. The molecule has 0 amide bonds. The normalized spacial score (nSPS) is 15.7. The predicted octanol–water partition coefficient (Wildman–Crippen LogP) is 2.79. The Hall–Kier alpha value is -2.09. The maximum absolute atomic E-state index is 4.29. The summed E-state index contributed by atoms with van der Waals surface area (Å²) in [5, 5.41) is 6.85. The van der Waals surface area contributed by atoms with Gasteiger partial charge in [-0.1, -0.05) is 42.5 Å². The standard InChI is InChI=1S/C14H12N2/c1-15-16-13-9-8-11-5-2-4-10-6-3-7-12(13)14(10)11/h2-9,15H,1H3/b16-13+. The maximum Gasteiger partial charge on any atom is 0.0908 e. The van der Waals surface area contributed by atoms with Gasteiger partial charge in [0.15, 0.2) is 0 Å². The molecule has 0 saturated carbocycles. The van der Waals surface area contributed by atoms with Crippen LogP contribution in [0.4, 0.5) is 0 Å². The molecule has 16 heavy (non-hydrogen) atoms. The highest BCUT2D eigenvalue weighted by atomic mass is 15.3. The van der Waals surface area contributed by atoms with E-state index in [4.69, 9.17) is 0 Å². The van der Waals surface area contributed by atoms with E-state index in [1.54, 1.807) is 0 Å². The number of hydrogen-bond acceptors (Lipinski definition) is 2. The maximum atomic E-state index is 4.29. The van der Waals surface area contributed by atoms with Crippen molar-refractivity contribution < 1.29 is 0 Å². The van der Waals surface area contributed by atoms with E-state index in [1.807, 2.05) is 13.1 Å². The second-order valence-electron chi connectivity index (χ2n) is 3.80. The molecular weight excluding hydrogens is 196 g/mol. The van der Waals surface area contributed by atoms with Crippen LogP contribution in [0.5, 0.6) is 0 Å². The average Bonchev–Trinajstić information content (AvgIpc) is 2.33. The molecule has 2 nitrogen and oxygen atoms in total. The molecule has 1 aliphatic carbocycles. The molecule has 0 unspecified atom stereocenters. The van der Waals surface area contributed by atoms with Crippen LogP contribution in [-0.4, -0.2) is 12.8 Å². The summed E-state index contributed by atoms with van der Waals surface area (Å²) in [7, 11) is 1.82. The van der Waals surface area contributed by atoms with Gasteiger partial charge in [0.2, 0.25) is 0 Å². The van der Waals surface area contributed by atoms with Crippen LogP contribution in [0.15, 0.2) is 47.6 Å². The van der Waals surface area contributed by atoms with Crippen LogP contribution in [0, 0.1) is 0 Å². The summed E-state index contributed by atoms with van der Waals surface area (Å²) in [6.07, 6.45) is 4.17. The number of rotatable bonds is 1. The molecule has 0 radical (unpaired) electrons. The van der Waals surface area contributed by atoms with E-state index in [0.29, 0.717) is 0 Å². The van der Waals surface area contributed by atoms with Gasteiger partial charge in [0.05, 0.1) is 5.71 Å². The lowest BCUT2D eigenvalue weighted by Crippen LogP contribution is -2.08. The topological polar surface area (TPSA) is 24.4 Å². The largest absolute Gasteiger partial charge is 0.313 e. The zero-order chi connectivity index (χ0) is 11.0. The minimum atomic E-state index is 0.992. The lowest BCUT2D eigenvalue weighted by molar-refractivity contribution is 0.903. The van der Waals surface area contributed by atoms with E-state index in [2.05, 4.69) is 53.0 Å². The first-order valence-electron chi connectivity index (χ1n) is 5.35. The van der Waals surface area contributed by atoms with E-state index in [-0.39, 0.29) is 0 Å². The molecule has 1 N–H and O–H groups in total. The van der Waals surface area contributed by atoms with Crippen molar-refractivity contribution in [1.82, 2.24) is 5.43 Å². The van der Waals surface area contributed by atoms with Crippen LogP contribution in [0.2, 0.25) is 0 Å². The van der Waals surface area contributed by atoms with E-state index >= 15 is 0 Å². The van der Waals surface area contributed by atoms with Gasteiger partial charge >= 0.3 is 0 Å². The van der Waals surface area contributed by atoms with Gasteiger partial charge in [-0.15, -0.1) is 0 Å². The van der Waals surface area contributed by atoms with Crippen LogP contribution < -0.4 is 5.43 Å². The van der Waals surface area contributed by atoms with Crippen molar-refractivity contribution in [1.29, 1.82) is 0 Å². The summed E-state index contributed by atoms with van der Waals surface area (Å²) in [6.45, 7) is 0. The first-order valence-corrected chi connectivity index (χ1v) is 5.35. The fourth-order valence-corrected chi connectivity index (χ4v) is 2.20. The second kappa shape index (κ2) is 3.49. The Balaban J connectivity index is 2.40. The fraction of sp³-hybridized carbons (Fsp3) is 0.0714. The van der Waals surface area contributed by atoms with Crippen molar-refractivity contribution >= 4 is 22.6 Å². The molecule has 2 heteroatoms. The van der Waals surface area contributed by atoms with Crippen molar-refractivity contribution in [2.24, 2.45) is 5.10 Å². The fourth-order valence-electron chi connectivity index (χ4n) is 2.20. The van der Waals surface area contributed by atoms with Gasteiger partial charge < -0.3 is 5.43 Å². The molecule has 0 saturated heterocycles. The summed E-state index contributed by atoms with van der Waals surface area (Å²) in [5.41, 5.74) is 6.31. The Labute approximate surface area is 94.3 Å². The molecule has 0 atom stereocenters. The summed E-state index contributed by atoms with van der Waals surface area (Å²) in [5.74, 6) is 0. The van der Waals surface area contributed by atoms with Gasteiger partial charge in [-0.25, -0.2) is 0 Å². The van der Waals surface area contributed by atoms with E-state index in [9.17, 15) is 0 Å². The molecule has 3 rings (SSSR count). The lowest BCUT2D eigenvalue weighted by atomic mass is 9.92. The molecule has 0 heterocycles. The Bertz CT molecular complexity index is 604. The summed E-state index contributed by atoms with van der Waals surface area (Å²) >= 11 is 0. The number of hydrogen-bond donors (Lipinski definition) is 1.